The molecule has 5 heteroatoms. The maximum absolute atomic E-state index is 11.3. The second-order valence-electron chi connectivity index (χ2n) is 6.59. The molecule has 0 heterocycles. The van der Waals surface area contributed by atoms with E-state index in [1.54, 1.807) is 0 Å². The molecule has 3 nitrogen and oxygen atoms in total. The number of methoxy groups -OCH3 is 1. The zero-order valence-electron chi connectivity index (χ0n) is 13.5. The van der Waals surface area contributed by atoms with Gasteiger partial charge in [0.1, 0.15) is 0 Å². The van der Waals surface area contributed by atoms with Crippen LogP contribution in [0.5, 0.6) is 0 Å². The van der Waals surface area contributed by atoms with Crippen LogP contribution in [0.15, 0.2) is 22.7 Å². The predicted molar refractivity (Wildman–Crippen MR) is 91.9 cm³/mol. The lowest BCUT2D eigenvalue weighted by Gasteiger charge is -2.35. The molecule has 0 radical (unpaired) electrons. The Kier molecular flexibility index (Phi) is 6.19. The van der Waals surface area contributed by atoms with Gasteiger partial charge < -0.3 is 9.53 Å². The lowest BCUT2D eigenvalue weighted by Crippen LogP contribution is -2.40. The van der Waals surface area contributed by atoms with Crippen molar-refractivity contribution in [3.8, 4) is 0 Å². The summed E-state index contributed by atoms with van der Waals surface area (Å²) in [6, 6.07) is 6.10. The van der Waals surface area contributed by atoms with Crippen LogP contribution in [0.2, 0.25) is 18.1 Å². The lowest BCUT2D eigenvalue weighted by atomic mass is 9.98. The van der Waals surface area contributed by atoms with Crippen molar-refractivity contribution in [3.05, 3.63) is 33.8 Å². The van der Waals surface area contributed by atoms with Gasteiger partial charge in [-0.1, -0.05) is 48.0 Å². The SMILES string of the molecule is COC(=O)CCc1cccc(CC(C)(C)[Si](C)(C)O)c1Br. The van der Waals surface area contributed by atoms with Crippen LogP contribution in [0.4, 0.5) is 0 Å². The Labute approximate surface area is 137 Å². The zero-order valence-corrected chi connectivity index (χ0v) is 16.1. The Morgan fingerprint density at radius 3 is 2.43 bits per heavy atom. The van der Waals surface area contributed by atoms with Gasteiger partial charge in [-0.05, 0) is 42.1 Å². The minimum absolute atomic E-state index is 0.115. The van der Waals surface area contributed by atoms with Crippen LogP contribution in [-0.2, 0) is 22.4 Å². The average molecular weight is 373 g/mol. The molecule has 0 aliphatic carbocycles. The summed E-state index contributed by atoms with van der Waals surface area (Å²) in [4.78, 5) is 21.7. The molecular weight excluding hydrogens is 348 g/mol. The number of halogens is 1. The Morgan fingerprint density at radius 1 is 1.33 bits per heavy atom. The number of esters is 1. The molecule has 1 rings (SSSR count). The molecule has 0 aromatic heterocycles. The van der Waals surface area contributed by atoms with E-state index in [0.29, 0.717) is 12.8 Å². The van der Waals surface area contributed by atoms with Gasteiger partial charge >= 0.3 is 5.97 Å². The van der Waals surface area contributed by atoms with E-state index in [9.17, 15) is 9.59 Å². The Morgan fingerprint density at radius 2 is 1.90 bits per heavy atom. The van der Waals surface area contributed by atoms with Crippen LogP contribution in [0, 0.1) is 0 Å². The van der Waals surface area contributed by atoms with E-state index in [1.807, 2.05) is 25.2 Å². The molecule has 0 atom stereocenters. The van der Waals surface area contributed by atoms with Crippen LogP contribution in [0.25, 0.3) is 0 Å². The van der Waals surface area contributed by atoms with E-state index in [4.69, 9.17) is 0 Å². The number of aryl methyl sites for hydroxylation is 1. The van der Waals surface area contributed by atoms with E-state index in [1.165, 1.54) is 12.7 Å². The summed E-state index contributed by atoms with van der Waals surface area (Å²) in [7, 11) is -0.838. The summed E-state index contributed by atoms with van der Waals surface area (Å²) in [5.74, 6) is -0.198. The van der Waals surface area contributed by atoms with Gasteiger partial charge in [-0.3, -0.25) is 4.79 Å². The Hall–Kier alpha value is -0.653. The largest absolute Gasteiger partial charge is 0.469 e. The summed E-state index contributed by atoms with van der Waals surface area (Å²) in [5, 5.41) is -0.115. The first-order valence-electron chi connectivity index (χ1n) is 7.14. The first-order chi connectivity index (χ1) is 9.58. The predicted octanol–water partition coefficient (Wildman–Crippen LogP) is 4.07. The van der Waals surface area contributed by atoms with Crippen LogP contribution in [-0.4, -0.2) is 26.2 Å². The molecule has 0 saturated carbocycles. The van der Waals surface area contributed by atoms with Gasteiger partial charge in [0.05, 0.1) is 7.11 Å². The lowest BCUT2D eigenvalue weighted by molar-refractivity contribution is -0.140. The van der Waals surface area contributed by atoms with E-state index in [-0.39, 0.29) is 11.0 Å². The molecule has 1 N–H and O–H groups in total. The molecule has 118 valence electrons. The molecule has 1 aromatic rings. The Balaban J connectivity index is 2.93. The molecule has 0 saturated heterocycles. The topological polar surface area (TPSA) is 46.5 Å². The first kappa shape index (κ1) is 18.4. The summed E-state index contributed by atoms with van der Waals surface area (Å²) >= 11 is 3.65. The smallest absolute Gasteiger partial charge is 0.305 e. The minimum atomic E-state index is -2.25. The van der Waals surface area contributed by atoms with Crippen molar-refractivity contribution in [1.29, 1.82) is 0 Å². The van der Waals surface area contributed by atoms with Gasteiger partial charge in [0, 0.05) is 10.9 Å². The maximum Gasteiger partial charge on any atom is 0.305 e. The summed E-state index contributed by atoms with van der Waals surface area (Å²) in [6.07, 6.45) is 1.85. The highest BCUT2D eigenvalue weighted by Gasteiger charge is 2.38. The normalized spacial score (nSPS) is 12.3. The molecule has 0 unspecified atom stereocenters. The van der Waals surface area contributed by atoms with Crippen molar-refractivity contribution in [2.75, 3.05) is 7.11 Å². The van der Waals surface area contributed by atoms with Crippen molar-refractivity contribution in [3.63, 3.8) is 0 Å². The quantitative estimate of drug-likeness (QED) is 0.604. The maximum atomic E-state index is 11.3. The third-order valence-electron chi connectivity index (χ3n) is 4.27. The number of ether oxygens (including phenoxy) is 1. The van der Waals surface area contributed by atoms with Crippen molar-refractivity contribution >= 4 is 30.2 Å². The molecule has 0 bridgehead atoms. The Bertz CT molecular complexity index is 507. The second-order valence-corrected chi connectivity index (χ2v) is 11.9. The minimum Gasteiger partial charge on any atom is -0.469 e. The zero-order chi connectivity index (χ0) is 16.3. The monoisotopic (exact) mass is 372 g/mol. The highest BCUT2D eigenvalue weighted by Crippen LogP contribution is 2.40. The summed E-state index contributed by atoms with van der Waals surface area (Å²) < 4.78 is 5.73. The van der Waals surface area contributed by atoms with Crippen molar-refractivity contribution in [2.45, 2.75) is 51.2 Å². The van der Waals surface area contributed by atoms with Gasteiger partial charge in [-0.2, -0.15) is 0 Å². The van der Waals surface area contributed by atoms with E-state index in [0.717, 1.165) is 16.5 Å². The van der Waals surface area contributed by atoms with Crippen LogP contribution in [0.1, 0.15) is 31.4 Å². The van der Waals surface area contributed by atoms with Crippen molar-refractivity contribution < 1.29 is 14.3 Å². The number of carbonyl (C=O) groups is 1. The summed E-state index contributed by atoms with van der Waals surface area (Å²) in [6.45, 7) is 8.18. The second kappa shape index (κ2) is 7.07. The number of hydrogen-bond acceptors (Lipinski definition) is 3. The molecule has 0 amide bonds. The van der Waals surface area contributed by atoms with Gasteiger partial charge in [-0.25, -0.2) is 0 Å². The standard InChI is InChI=1S/C16H25BrO3Si/c1-16(2,21(4,5)19)11-13-8-6-7-12(15(13)17)9-10-14(18)20-3/h6-8,19H,9-11H2,1-5H3. The highest BCUT2D eigenvalue weighted by molar-refractivity contribution is 9.10. The molecule has 1 aromatic carbocycles. The molecule has 0 fully saturated rings. The van der Waals surface area contributed by atoms with Gasteiger partial charge in [0.2, 0.25) is 0 Å². The molecule has 0 spiro atoms. The number of carbonyl (C=O) groups excluding carboxylic acids is 1. The van der Waals surface area contributed by atoms with Crippen LogP contribution in [0.3, 0.4) is 0 Å². The van der Waals surface area contributed by atoms with Crippen molar-refractivity contribution in [2.24, 2.45) is 0 Å². The van der Waals surface area contributed by atoms with Crippen LogP contribution < -0.4 is 0 Å². The van der Waals surface area contributed by atoms with Crippen molar-refractivity contribution in [1.82, 2.24) is 0 Å². The number of rotatable bonds is 6. The van der Waals surface area contributed by atoms with E-state index in [2.05, 4.69) is 40.6 Å². The van der Waals surface area contributed by atoms with E-state index >= 15 is 0 Å². The number of hydrogen-bond donors (Lipinski definition) is 1. The third kappa shape index (κ3) is 4.93. The number of benzene rings is 1. The highest BCUT2D eigenvalue weighted by atomic mass is 79.9. The van der Waals surface area contributed by atoms with Gasteiger partial charge in [0.15, 0.2) is 8.32 Å². The molecule has 21 heavy (non-hydrogen) atoms. The van der Waals surface area contributed by atoms with Crippen LogP contribution >= 0.6 is 15.9 Å². The molecule has 0 aliphatic heterocycles. The van der Waals surface area contributed by atoms with Gasteiger partial charge in [0.25, 0.3) is 0 Å². The molecule has 0 aliphatic rings. The van der Waals surface area contributed by atoms with Gasteiger partial charge in [-0.15, -0.1) is 0 Å². The fourth-order valence-electron chi connectivity index (χ4n) is 1.99. The van der Waals surface area contributed by atoms with E-state index < -0.39 is 8.32 Å². The fourth-order valence-corrected chi connectivity index (χ4v) is 3.22. The average Bonchev–Trinajstić information content (AvgIpc) is 2.37. The molecular formula is C16H25BrO3Si. The summed E-state index contributed by atoms with van der Waals surface area (Å²) in [5.41, 5.74) is 2.28. The first-order valence-corrected chi connectivity index (χ1v) is 10.9. The fraction of sp³-hybridized carbons (Fsp3) is 0.562. The third-order valence-corrected chi connectivity index (χ3v) is 8.78.